The van der Waals surface area contributed by atoms with Crippen molar-refractivity contribution in [2.45, 2.75) is 6.42 Å². The Hall–Kier alpha value is -16.7. The van der Waals surface area contributed by atoms with Gasteiger partial charge in [-0.25, -0.2) is 0 Å². The average Bonchev–Trinajstić information content (AvgIpc) is 1.07. The molecule has 0 spiro atoms. The third-order valence-electron chi connectivity index (χ3n) is 19.3. The molecule has 0 saturated heterocycles. The van der Waals surface area contributed by atoms with Gasteiger partial charge in [0.2, 0.25) is 0 Å². The molecule has 0 amide bonds. The Labute approximate surface area is 743 Å². The van der Waals surface area contributed by atoms with Gasteiger partial charge in [-0.3, -0.25) is 34.9 Å². The average molecular weight is 1670 g/mol. The highest BCUT2D eigenvalue weighted by atomic mass is 32.1. The van der Waals surface area contributed by atoms with Crippen LogP contribution in [-0.4, -0.2) is 34.9 Å². The predicted octanol–water partition coefficient (Wildman–Crippen LogP) is 31.9. The van der Waals surface area contributed by atoms with Gasteiger partial charge in [-0.2, -0.15) is 0 Å². The molecule has 0 radical (unpaired) electrons. The van der Waals surface area contributed by atoms with Crippen LogP contribution in [0.4, 0.5) is 0 Å². The van der Waals surface area contributed by atoms with E-state index < -0.39 is 0 Å². The van der Waals surface area contributed by atoms with Gasteiger partial charge in [-0.05, 0) is 188 Å². The number of nitrogens with zero attached hydrogens (tertiary/aromatic N) is 7. The van der Waals surface area contributed by atoms with Gasteiger partial charge in [0.1, 0.15) is 5.58 Å². The van der Waals surface area contributed by atoms with Gasteiger partial charge in [0.05, 0.1) is 47.9 Å². The summed E-state index contributed by atoms with van der Waals surface area (Å²) in [4.78, 5) is 27.3. The molecule has 0 unspecified atom stereocenters. The summed E-state index contributed by atoms with van der Waals surface area (Å²) >= 11 is 1.79. The number of furan rings is 3. The van der Waals surface area contributed by atoms with Crippen LogP contribution in [0, 0.1) is 0 Å². The van der Waals surface area contributed by atoms with Gasteiger partial charge in [-0.15, -0.1) is 11.3 Å². The first-order valence-corrected chi connectivity index (χ1v) is 42.5. The Kier molecular flexibility index (Phi) is 35.5. The minimum atomic E-state index is 0.949. The van der Waals surface area contributed by atoms with Gasteiger partial charge in [0, 0.05) is 83.6 Å². The fourth-order valence-corrected chi connectivity index (χ4v) is 14.0. The number of allylic oxidation sites excluding steroid dienone is 4. The van der Waals surface area contributed by atoms with E-state index in [1.807, 2.05) is 146 Å². The van der Waals surface area contributed by atoms with Crippen LogP contribution >= 0.6 is 11.3 Å². The first kappa shape index (κ1) is 88.1. The van der Waals surface area contributed by atoms with E-state index in [-0.39, 0.29) is 0 Å². The normalized spacial score (nSPS) is 10.3. The lowest BCUT2D eigenvalue weighted by Crippen LogP contribution is -1.79. The highest BCUT2D eigenvalue weighted by Crippen LogP contribution is 2.32. The number of pyridine rings is 1. The molecule has 0 aliphatic heterocycles. The molecule has 127 heavy (non-hydrogen) atoms. The molecule has 11 heteroatoms. The maximum absolute atomic E-state index is 5.12. The van der Waals surface area contributed by atoms with E-state index in [1.54, 1.807) is 105 Å². The van der Waals surface area contributed by atoms with Crippen molar-refractivity contribution in [2.24, 2.45) is 0 Å². The zero-order chi connectivity index (χ0) is 86.7. The fraction of sp³-hybridized carbons (Fsp3) is 0.00862. The van der Waals surface area contributed by atoms with Crippen molar-refractivity contribution in [3.63, 3.8) is 0 Å². The van der Waals surface area contributed by atoms with E-state index in [4.69, 9.17) is 4.42 Å². The molecule has 616 valence electrons. The second-order valence-corrected chi connectivity index (χ2v) is 28.8. The molecule has 0 atom stereocenters. The lowest BCUT2D eigenvalue weighted by molar-refractivity contribution is 0.567. The third kappa shape index (κ3) is 28.7. The Morgan fingerprint density at radius 1 is 0.197 bits per heavy atom. The van der Waals surface area contributed by atoms with Gasteiger partial charge < -0.3 is 13.3 Å². The van der Waals surface area contributed by atoms with Crippen LogP contribution in [0.2, 0.25) is 0 Å². The van der Waals surface area contributed by atoms with Crippen molar-refractivity contribution < 1.29 is 13.3 Å². The number of hydrogen-bond acceptors (Lipinski definition) is 11. The lowest BCUT2D eigenvalue weighted by Gasteiger charge is -2.07. The highest BCUT2D eigenvalue weighted by Gasteiger charge is 2.05. The van der Waals surface area contributed by atoms with Crippen LogP contribution in [0.1, 0.15) is 6.42 Å². The van der Waals surface area contributed by atoms with Crippen molar-refractivity contribution in [1.29, 1.82) is 0 Å². The van der Waals surface area contributed by atoms with Crippen LogP contribution in [0.15, 0.2) is 567 Å². The molecule has 25 aromatic rings. The SMILES string of the molecule is C1=CCC=C1.c1ccc2c(c1)ccc1c3ccccc3ccc21.c1ccc2c(c1)ccc1ccccc12.c1ccc2cc3ccccc3cc2c1.c1ccc2ccccc2c1.c1ccc2ncccc2c1.c1ccc2nccnc2c1.c1ccc2occc2c1.c1ccc2sccc2c1.c1ccccc1.c1ccoc1.c1ccoc1.c1cnccn1.c1cnccn1. The third-order valence-corrected chi connectivity index (χ3v) is 20.2. The van der Waals surface area contributed by atoms with Gasteiger partial charge in [0.25, 0.3) is 0 Å². The lowest BCUT2D eigenvalue weighted by atomic mass is 9.97. The van der Waals surface area contributed by atoms with E-state index in [2.05, 4.69) is 359 Å². The molecule has 17 aromatic carbocycles. The molecule has 1 aliphatic carbocycles. The predicted molar refractivity (Wildman–Crippen MR) is 536 cm³/mol. The maximum Gasteiger partial charge on any atom is 0.133 e. The molecule has 8 heterocycles. The first-order valence-electron chi connectivity index (χ1n) is 41.6. The summed E-state index contributed by atoms with van der Waals surface area (Å²) in [6.07, 6.45) is 36.0. The highest BCUT2D eigenvalue weighted by molar-refractivity contribution is 7.17. The smallest absolute Gasteiger partial charge is 0.133 e. The quantitative estimate of drug-likeness (QED) is 0.107. The van der Waals surface area contributed by atoms with Crippen LogP contribution in [-0.2, 0) is 0 Å². The Bertz CT molecular complexity index is 6450. The van der Waals surface area contributed by atoms with Crippen LogP contribution in [0.3, 0.4) is 0 Å². The summed E-state index contributed by atoms with van der Waals surface area (Å²) in [5, 5.41) is 27.0. The van der Waals surface area contributed by atoms with E-state index in [0.717, 1.165) is 33.9 Å². The minimum absolute atomic E-state index is 0.949. The van der Waals surface area contributed by atoms with Crippen LogP contribution in [0.25, 0.3) is 129 Å². The molecule has 0 saturated carbocycles. The van der Waals surface area contributed by atoms with E-state index >= 15 is 0 Å². The standard InChI is InChI=1S/C18H12.2C14H10.C10H8.C9H7N.C8H6N2.C8H6O.C8H6S.C6H6.C5H6.2C4H4N2.2C4H4O/c1-3-7-15-13(5-1)9-11-18-16-8-4-2-6-14(16)10-12-17(15)18;1-3-7-13-11(5-1)9-10-12-6-2-4-8-14(12)13;1-2-6-12-10-14-8-4-3-7-13(14)9-11(12)5-1;1-2-6-10-8-4-3-7-9(10)5-1;1-2-6-9-8(4-1)5-3-7-10-9;1-2-4-8-7(3-1)9-5-6-10-8;2*1-2-4-8-7(3-1)5-6-9-8;1-2-4-6-5-3-1;1-2-4-5-3-1;2*1-2-6-4-3-5-1;2*1-2-4-5-3-1/h1-12H;2*1-10H;1-8H;1-7H;1-6H;2*1-6H;1-6H;1-4H,5H2;2*1-4H;2*1-4H. The molecule has 8 aromatic heterocycles. The Balaban J connectivity index is 0.000000119. The summed E-state index contributed by atoms with van der Waals surface area (Å²) in [6, 6.07) is 145. The number of rotatable bonds is 0. The van der Waals surface area contributed by atoms with Crippen molar-refractivity contribution in [1.82, 2.24) is 34.9 Å². The second-order valence-electron chi connectivity index (χ2n) is 27.8. The molecule has 10 nitrogen and oxygen atoms in total. The summed E-state index contributed by atoms with van der Waals surface area (Å²) in [5.74, 6) is 0. The van der Waals surface area contributed by atoms with Crippen molar-refractivity contribution in [3.05, 3.63) is 554 Å². The first-order chi connectivity index (χ1) is 63.1. The van der Waals surface area contributed by atoms with Crippen molar-refractivity contribution >= 4 is 141 Å². The number of thiophene rings is 1. The molecular formula is C116H93N7O3S. The summed E-state index contributed by atoms with van der Waals surface area (Å²) in [6.45, 7) is 0. The number of aromatic nitrogens is 7. The van der Waals surface area contributed by atoms with Crippen LogP contribution < -0.4 is 0 Å². The molecule has 0 N–H and O–H groups in total. The van der Waals surface area contributed by atoms with Crippen LogP contribution in [0.5, 0.6) is 0 Å². The molecular weight excluding hydrogens is 1570 g/mol. The fourth-order valence-electron chi connectivity index (χ4n) is 13.2. The van der Waals surface area contributed by atoms with E-state index in [1.165, 1.54) is 102 Å². The van der Waals surface area contributed by atoms with Gasteiger partial charge >= 0.3 is 0 Å². The Morgan fingerprint density at radius 2 is 0.512 bits per heavy atom. The summed E-state index contributed by atoms with van der Waals surface area (Å²) in [5.41, 5.74) is 3.91. The number of fused-ring (bicyclic) bond motifs is 15. The molecule has 1 aliphatic rings. The number of para-hydroxylation sites is 4. The van der Waals surface area contributed by atoms with Gasteiger partial charge in [0.15, 0.2) is 0 Å². The summed E-state index contributed by atoms with van der Waals surface area (Å²) in [7, 11) is 0. The van der Waals surface area contributed by atoms with Gasteiger partial charge in [-0.1, -0.05) is 364 Å². The zero-order valence-electron chi connectivity index (χ0n) is 70.0. The topological polar surface area (TPSA) is 130 Å². The van der Waals surface area contributed by atoms with Crippen molar-refractivity contribution in [3.8, 4) is 0 Å². The Morgan fingerprint density at radius 3 is 0.874 bits per heavy atom. The van der Waals surface area contributed by atoms with E-state index in [9.17, 15) is 0 Å². The second kappa shape index (κ2) is 51.1. The largest absolute Gasteiger partial charge is 0.473 e. The van der Waals surface area contributed by atoms with Crippen molar-refractivity contribution in [2.75, 3.05) is 0 Å². The maximum atomic E-state index is 5.12. The molecule has 26 rings (SSSR count). The number of hydrogen-bond donors (Lipinski definition) is 0. The zero-order valence-corrected chi connectivity index (χ0v) is 70.8. The minimum Gasteiger partial charge on any atom is -0.473 e. The summed E-state index contributed by atoms with van der Waals surface area (Å²) < 4.78 is 15.7. The molecule has 0 bridgehead atoms. The molecule has 0 fully saturated rings. The van der Waals surface area contributed by atoms with E-state index in [0.29, 0.717) is 0 Å². The monoisotopic (exact) mass is 1660 g/mol. The number of benzene rings is 17.